The van der Waals surface area contributed by atoms with Crippen LogP contribution in [0.3, 0.4) is 0 Å². The second-order valence-corrected chi connectivity index (χ2v) is 6.99. The summed E-state index contributed by atoms with van der Waals surface area (Å²) in [5.74, 6) is 1.83. The largest absolute Gasteiger partial charge is 0.472 e. The predicted molar refractivity (Wildman–Crippen MR) is 94.4 cm³/mol. The molecule has 128 valence electrons. The number of aryl methyl sites for hydroxylation is 1. The highest BCUT2D eigenvalue weighted by molar-refractivity contribution is 7.99. The highest BCUT2D eigenvalue weighted by Gasteiger charge is 2.24. The number of carbonyl (C=O) groups is 1. The molecule has 0 saturated carbocycles. The van der Waals surface area contributed by atoms with E-state index in [0.29, 0.717) is 6.54 Å². The quantitative estimate of drug-likeness (QED) is 0.888. The Labute approximate surface area is 144 Å². The van der Waals surface area contributed by atoms with E-state index in [1.807, 2.05) is 17.8 Å². The fourth-order valence-electron chi connectivity index (χ4n) is 2.87. The Bertz CT molecular complexity index is 736. The van der Waals surface area contributed by atoms with Crippen molar-refractivity contribution >= 4 is 17.7 Å². The molecule has 6 nitrogen and oxygen atoms in total. The molecule has 1 aliphatic rings. The summed E-state index contributed by atoms with van der Waals surface area (Å²) in [6.07, 6.45) is 5.01. The number of hydrogen-bond donors (Lipinski definition) is 1. The summed E-state index contributed by atoms with van der Waals surface area (Å²) in [7, 11) is 1.64. The van der Waals surface area contributed by atoms with Crippen LogP contribution in [-0.4, -0.2) is 46.5 Å². The van der Waals surface area contributed by atoms with Crippen molar-refractivity contribution in [1.82, 2.24) is 14.8 Å². The van der Waals surface area contributed by atoms with Gasteiger partial charge >= 0.3 is 0 Å². The summed E-state index contributed by atoms with van der Waals surface area (Å²) in [4.78, 5) is 26.8. The predicted octanol–water partition coefficient (Wildman–Crippen LogP) is 1.50. The van der Waals surface area contributed by atoms with E-state index in [4.69, 9.17) is 4.42 Å². The van der Waals surface area contributed by atoms with Gasteiger partial charge in [-0.3, -0.25) is 14.5 Å². The van der Waals surface area contributed by atoms with Crippen molar-refractivity contribution in [3.63, 3.8) is 0 Å². The van der Waals surface area contributed by atoms with Gasteiger partial charge < -0.3 is 14.3 Å². The SMILES string of the molecule is Cn1cccc(C(=O)NC[C@@H](c2ccoc2)N2CCSCC2)c1=O. The van der Waals surface area contributed by atoms with Crippen LogP contribution in [0.5, 0.6) is 0 Å². The second kappa shape index (κ2) is 7.72. The Kier molecular flexibility index (Phi) is 5.42. The third-order valence-electron chi connectivity index (χ3n) is 4.24. The van der Waals surface area contributed by atoms with Gasteiger partial charge in [0.1, 0.15) is 5.56 Å². The maximum absolute atomic E-state index is 12.4. The van der Waals surface area contributed by atoms with Crippen molar-refractivity contribution in [2.45, 2.75) is 6.04 Å². The standard InChI is InChI=1S/C17H21N3O3S/c1-19-5-2-3-14(17(19)22)16(21)18-11-15(13-4-8-23-12-13)20-6-9-24-10-7-20/h2-5,8,12,15H,6-7,9-11H2,1H3,(H,18,21)/t15-/m0/s1. The number of furan rings is 1. The van der Waals surface area contributed by atoms with Crippen LogP contribution in [0.15, 0.2) is 46.1 Å². The van der Waals surface area contributed by atoms with Crippen molar-refractivity contribution in [3.05, 3.63) is 58.4 Å². The Morgan fingerprint density at radius 3 is 2.88 bits per heavy atom. The summed E-state index contributed by atoms with van der Waals surface area (Å²) < 4.78 is 6.62. The van der Waals surface area contributed by atoms with Gasteiger partial charge in [0.25, 0.3) is 11.5 Å². The highest BCUT2D eigenvalue weighted by atomic mass is 32.2. The molecule has 2 aromatic rings. The molecule has 0 aliphatic carbocycles. The van der Waals surface area contributed by atoms with Crippen LogP contribution in [-0.2, 0) is 7.05 Å². The Morgan fingerprint density at radius 1 is 1.38 bits per heavy atom. The Morgan fingerprint density at radius 2 is 2.17 bits per heavy atom. The van der Waals surface area contributed by atoms with Gasteiger partial charge in [-0.2, -0.15) is 11.8 Å². The van der Waals surface area contributed by atoms with E-state index in [1.54, 1.807) is 37.9 Å². The Balaban J connectivity index is 1.72. The molecule has 1 N–H and O–H groups in total. The average Bonchev–Trinajstić information content (AvgIpc) is 3.12. The van der Waals surface area contributed by atoms with Gasteiger partial charge in [0.2, 0.25) is 0 Å². The first-order chi connectivity index (χ1) is 11.7. The lowest BCUT2D eigenvalue weighted by atomic mass is 10.1. The molecular formula is C17H21N3O3S. The van der Waals surface area contributed by atoms with E-state index in [2.05, 4.69) is 10.2 Å². The lowest BCUT2D eigenvalue weighted by molar-refractivity contribution is 0.0932. The van der Waals surface area contributed by atoms with E-state index in [1.165, 1.54) is 4.57 Å². The van der Waals surface area contributed by atoms with Crippen LogP contribution in [0.25, 0.3) is 0 Å². The van der Waals surface area contributed by atoms with Crippen molar-refractivity contribution in [2.24, 2.45) is 7.05 Å². The summed E-state index contributed by atoms with van der Waals surface area (Å²) in [5.41, 5.74) is 0.924. The van der Waals surface area contributed by atoms with Crippen molar-refractivity contribution in [2.75, 3.05) is 31.1 Å². The zero-order valence-electron chi connectivity index (χ0n) is 13.6. The molecule has 1 saturated heterocycles. The van der Waals surface area contributed by atoms with E-state index in [0.717, 1.165) is 30.2 Å². The molecule has 0 unspecified atom stereocenters. The van der Waals surface area contributed by atoms with E-state index >= 15 is 0 Å². The summed E-state index contributed by atoms with van der Waals surface area (Å²) in [6.45, 7) is 2.40. The molecule has 24 heavy (non-hydrogen) atoms. The number of aromatic nitrogens is 1. The molecule has 1 amide bonds. The number of hydrogen-bond acceptors (Lipinski definition) is 5. The minimum atomic E-state index is -0.337. The number of nitrogens with one attached hydrogen (secondary N) is 1. The number of carbonyl (C=O) groups excluding carboxylic acids is 1. The van der Waals surface area contributed by atoms with Gasteiger partial charge in [0.15, 0.2) is 0 Å². The second-order valence-electron chi connectivity index (χ2n) is 5.77. The molecule has 1 atom stereocenters. The summed E-state index contributed by atoms with van der Waals surface area (Å²) in [5, 5.41) is 2.91. The fourth-order valence-corrected chi connectivity index (χ4v) is 3.80. The van der Waals surface area contributed by atoms with Gasteiger partial charge in [0, 0.05) is 49.9 Å². The van der Waals surface area contributed by atoms with E-state index < -0.39 is 0 Å². The molecule has 2 aromatic heterocycles. The van der Waals surface area contributed by atoms with Crippen molar-refractivity contribution in [3.8, 4) is 0 Å². The molecule has 7 heteroatoms. The number of rotatable bonds is 5. The molecule has 1 aliphatic heterocycles. The highest BCUT2D eigenvalue weighted by Crippen LogP contribution is 2.24. The van der Waals surface area contributed by atoms with Crippen molar-refractivity contribution in [1.29, 1.82) is 0 Å². The summed E-state index contributed by atoms with van der Waals surface area (Å²) >= 11 is 1.94. The first-order valence-corrected chi connectivity index (χ1v) is 9.10. The lowest BCUT2D eigenvalue weighted by Gasteiger charge is -2.33. The van der Waals surface area contributed by atoms with E-state index in [9.17, 15) is 9.59 Å². The summed E-state index contributed by atoms with van der Waals surface area (Å²) in [6, 6.07) is 5.25. The number of amides is 1. The van der Waals surface area contributed by atoms with Gasteiger partial charge in [0.05, 0.1) is 18.6 Å². The van der Waals surface area contributed by atoms with Crippen LogP contribution < -0.4 is 10.9 Å². The first kappa shape index (κ1) is 16.9. The zero-order chi connectivity index (χ0) is 16.9. The van der Waals surface area contributed by atoms with Crippen LogP contribution in [0.4, 0.5) is 0 Å². The molecule has 0 spiro atoms. The van der Waals surface area contributed by atoms with Gasteiger partial charge in [-0.15, -0.1) is 0 Å². The average molecular weight is 347 g/mol. The molecular weight excluding hydrogens is 326 g/mol. The minimum absolute atomic E-state index is 0.0566. The van der Waals surface area contributed by atoms with Gasteiger partial charge in [-0.1, -0.05) is 0 Å². The maximum Gasteiger partial charge on any atom is 0.263 e. The molecule has 1 fully saturated rings. The molecule has 3 rings (SSSR count). The fraction of sp³-hybridized carbons (Fsp3) is 0.412. The van der Waals surface area contributed by atoms with Crippen LogP contribution in [0, 0.1) is 0 Å². The maximum atomic E-state index is 12.4. The zero-order valence-corrected chi connectivity index (χ0v) is 14.4. The van der Waals surface area contributed by atoms with Crippen LogP contribution in [0.2, 0.25) is 0 Å². The molecule has 0 aromatic carbocycles. The van der Waals surface area contributed by atoms with Gasteiger partial charge in [-0.05, 0) is 18.2 Å². The minimum Gasteiger partial charge on any atom is -0.472 e. The topological polar surface area (TPSA) is 67.5 Å². The lowest BCUT2D eigenvalue weighted by Crippen LogP contribution is -2.42. The van der Waals surface area contributed by atoms with Crippen LogP contribution in [0.1, 0.15) is 22.0 Å². The van der Waals surface area contributed by atoms with E-state index in [-0.39, 0.29) is 23.1 Å². The van der Waals surface area contributed by atoms with Crippen molar-refractivity contribution < 1.29 is 9.21 Å². The number of pyridine rings is 1. The molecule has 3 heterocycles. The molecule has 0 bridgehead atoms. The number of nitrogens with zero attached hydrogens (tertiary/aromatic N) is 2. The Hall–Kier alpha value is -1.99. The molecule has 0 radical (unpaired) electrons. The number of thioether (sulfide) groups is 1. The third kappa shape index (κ3) is 3.73. The van der Waals surface area contributed by atoms with Crippen LogP contribution >= 0.6 is 11.8 Å². The smallest absolute Gasteiger partial charge is 0.263 e. The third-order valence-corrected chi connectivity index (χ3v) is 5.18. The first-order valence-electron chi connectivity index (χ1n) is 7.94. The normalized spacial score (nSPS) is 16.7. The monoisotopic (exact) mass is 347 g/mol. The van der Waals surface area contributed by atoms with Gasteiger partial charge in [-0.25, -0.2) is 0 Å².